The normalized spacial score (nSPS) is 15.0. The first-order chi connectivity index (χ1) is 11.8. The predicted octanol–water partition coefficient (Wildman–Crippen LogP) is 3.82. The molecule has 2 heterocycles. The first-order valence-corrected chi connectivity index (χ1v) is 8.07. The highest BCUT2D eigenvalue weighted by molar-refractivity contribution is 5.89. The number of aliphatic hydroxyl groups is 1. The molecule has 4 rings (SSSR count). The summed E-state index contributed by atoms with van der Waals surface area (Å²) in [5.74, 6) is 1.12. The van der Waals surface area contributed by atoms with E-state index in [4.69, 9.17) is 14.7 Å². The highest BCUT2D eigenvalue weighted by Crippen LogP contribution is 2.45. The van der Waals surface area contributed by atoms with Crippen molar-refractivity contribution in [3.05, 3.63) is 53.7 Å². The standard InChI is InChI=1S/C20H18N2O3/c1-11-15(23)9-8-12-17-18(16(25-19(11)12)10-20(2,3)24)22-14-7-5-4-6-13(14)21-17/h4-10,23-24H,1-3H3/b16-10+. The lowest BCUT2D eigenvalue weighted by atomic mass is 9.98. The predicted molar refractivity (Wildman–Crippen MR) is 96.3 cm³/mol. The number of ether oxygens (including phenoxy) is 1. The second-order valence-electron chi connectivity index (χ2n) is 6.76. The van der Waals surface area contributed by atoms with E-state index in [1.165, 1.54) is 0 Å². The Kier molecular flexibility index (Phi) is 3.30. The lowest BCUT2D eigenvalue weighted by Gasteiger charge is -2.25. The lowest BCUT2D eigenvalue weighted by molar-refractivity contribution is 0.132. The molecule has 2 aromatic carbocycles. The van der Waals surface area contributed by atoms with Gasteiger partial charge in [-0.3, -0.25) is 0 Å². The van der Waals surface area contributed by atoms with Crippen LogP contribution in [0.4, 0.5) is 0 Å². The number of fused-ring (bicyclic) bond motifs is 4. The number of benzene rings is 2. The third-order valence-electron chi connectivity index (χ3n) is 4.13. The van der Waals surface area contributed by atoms with E-state index in [0.29, 0.717) is 28.5 Å². The zero-order valence-electron chi connectivity index (χ0n) is 14.2. The van der Waals surface area contributed by atoms with Gasteiger partial charge in [0.15, 0.2) is 5.76 Å². The summed E-state index contributed by atoms with van der Waals surface area (Å²) in [6.07, 6.45) is 1.61. The van der Waals surface area contributed by atoms with Crippen LogP contribution in [-0.4, -0.2) is 25.8 Å². The Bertz CT molecular complexity index is 1030. The number of aromatic hydroxyl groups is 1. The van der Waals surface area contributed by atoms with Gasteiger partial charge in [0.05, 0.1) is 16.6 Å². The summed E-state index contributed by atoms with van der Waals surface area (Å²) in [5, 5.41) is 20.3. The van der Waals surface area contributed by atoms with Crippen LogP contribution in [0.5, 0.6) is 11.5 Å². The molecule has 1 aliphatic heterocycles. The van der Waals surface area contributed by atoms with E-state index >= 15 is 0 Å². The van der Waals surface area contributed by atoms with Crippen molar-refractivity contribution < 1.29 is 14.9 Å². The van der Waals surface area contributed by atoms with Crippen molar-refractivity contribution in [3.63, 3.8) is 0 Å². The Balaban J connectivity index is 2.08. The van der Waals surface area contributed by atoms with Crippen LogP contribution >= 0.6 is 0 Å². The van der Waals surface area contributed by atoms with Crippen LogP contribution in [-0.2, 0) is 0 Å². The van der Waals surface area contributed by atoms with Gasteiger partial charge in [-0.05, 0) is 51.1 Å². The smallest absolute Gasteiger partial charge is 0.154 e. The highest BCUT2D eigenvalue weighted by Gasteiger charge is 2.29. The van der Waals surface area contributed by atoms with E-state index in [1.54, 1.807) is 39.0 Å². The van der Waals surface area contributed by atoms with E-state index in [2.05, 4.69) is 0 Å². The van der Waals surface area contributed by atoms with Crippen molar-refractivity contribution in [1.82, 2.24) is 9.97 Å². The van der Waals surface area contributed by atoms with Crippen molar-refractivity contribution in [2.75, 3.05) is 0 Å². The minimum Gasteiger partial charge on any atom is -0.508 e. The fourth-order valence-corrected chi connectivity index (χ4v) is 2.94. The van der Waals surface area contributed by atoms with Gasteiger partial charge in [0.2, 0.25) is 0 Å². The summed E-state index contributed by atoms with van der Waals surface area (Å²) >= 11 is 0. The zero-order chi connectivity index (χ0) is 17.8. The van der Waals surface area contributed by atoms with Gasteiger partial charge in [0, 0.05) is 11.1 Å². The fourth-order valence-electron chi connectivity index (χ4n) is 2.94. The quantitative estimate of drug-likeness (QED) is 0.708. The molecule has 2 N–H and O–H groups in total. The largest absolute Gasteiger partial charge is 0.508 e. The molecular weight excluding hydrogens is 316 g/mol. The molecule has 5 nitrogen and oxygen atoms in total. The van der Waals surface area contributed by atoms with Crippen molar-refractivity contribution in [1.29, 1.82) is 0 Å². The van der Waals surface area contributed by atoms with E-state index in [1.807, 2.05) is 24.3 Å². The molecule has 0 radical (unpaired) electrons. The monoisotopic (exact) mass is 334 g/mol. The third kappa shape index (κ3) is 2.62. The Labute approximate surface area is 145 Å². The van der Waals surface area contributed by atoms with E-state index in [9.17, 15) is 10.2 Å². The van der Waals surface area contributed by atoms with Crippen molar-refractivity contribution >= 4 is 16.8 Å². The maximum Gasteiger partial charge on any atom is 0.154 e. The average Bonchev–Trinajstić information content (AvgIpc) is 2.56. The number of phenols is 1. The van der Waals surface area contributed by atoms with Gasteiger partial charge in [-0.15, -0.1) is 0 Å². The van der Waals surface area contributed by atoms with Gasteiger partial charge >= 0.3 is 0 Å². The first-order valence-electron chi connectivity index (χ1n) is 8.07. The topological polar surface area (TPSA) is 75.5 Å². The molecule has 0 saturated carbocycles. The van der Waals surface area contributed by atoms with Crippen LogP contribution < -0.4 is 4.74 Å². The molecule has 0 spiro atoms. The fraction of sp³-hybridized carbons (Fsp3) is 0.200. The van der Waals surface area contributed by atoms with Crippen molar-refractivity contribution in [3.8, 4) is 22.8 Å². The molecule has 0 saturated heterocycles. The SMILES string of the molecule is Cc1c(O)ccc2c1O/C(=C/C(C)(C)O)c1nc3ccccc3nc1-2. The summed E-state index contributed by atoms with van der Waals surface area (Å²) in [5.41, 5.74) is 3.11. The van der Waals surface area contributed by atoms with Gasteiger partial charge in [-0.25, -0.2) is 9.97 Å². The van der Waals surface area contributed by atoms with Crippen LogP contribution in [0.1, 0.15) is 25.1 Å². The van der Waals surface area contributed by atoms with Crippen LogP contribution in [0.15, 0.2) is 42.5 Å². The molecule has 0 atom stereocenters. The van der Waals surface area contributed by atoms with Crippen LogP contribution in [0.3, 0.4) is 0 Å². The minimum absolute atomic E-state index is 0.151. The molecule has 0 bridgehead atoms. The molecule has 1 aromatic heterocycles. The van der Waals surface area contributed by atoms with Crippen LogP contribution in [0.25, 0.3) is 28.0 Å². The first kappa shape index (κ1) is 15.6. The number of hydrogen-bond donors (Lipinski definition) is 2. The summed E-state index contributed by atoms with van der Waals surface area (Å²) < 4.78 is 6.03. The third-order valence-corrected chi connectivity index (χ3v) is 4.13. The van der Waals surface area contributed by atoms with Crippen LogP contribution in [0.2, 0.25) is 0 Å². The molecule has 0 aliphatic carbocycles. The number of phenolic OH excluding ortho intramolecular Hbond substituents is 1. The molecule has 0 amide bonds. The Morgan fingerprint density at radius 1 is 1.00 bits per heavy atom. The van der Waals surface area contributed by atoms with E-state index in [-0.39, 0.29) is 5.75 Å². The molecule has 0 fully saturated rings. The molecule has 3 aromatic rings. The van der Waals surface area contributed by atoms with E-state index in [0.717, 1.165) is 16.6 Å². The molecule has 1 aliphatic rings. The highest BCUT2D eigenvalue weighted by atomic mass is 16.5. The summed E-state index contributed by atoms with van der Waals surface area (Å²) in [7, 11) is 0. The summed E-state index contributed by atoms with van der Waals surface area (Å²) in [4.78, 5) is 9.46. The Morgan fingerprint density at radius 2 is 1.64 bits per heavy atom. The lowest BCUT2D eigenvalue weighted by Crippen LogP contribution is -2.19. The number of para-hydroxylation sites is 2. The van der Waals surface area contributed by atoms with E-state index < -0.39 is 5.60 Å². The Hall–Kier alpha value is -2.92. The molecule has 0 unspecified atom stereocenters. The molecule has 126 valence electrons. The summed E-state index contributed by atoms with van der Waals surface area (Å²) in [6, 6.07) is 11.0. The van der Waals surface area contributed by atoms with Gasteiger partial charge in [-0.2, -0.15) is 0 Å². The maximum atomic E-state index is 10.2. The average molecular weight is 334 g/mol. The van der Waals surface area contributed by atoms with Gasteiger partial charge in [0.1, 0.15) is 22.9 Å². The second kappa shape index (κ2) is 5.29. The summed E-state index contributed by atoms with van der Waals surface area (Å²) in [6.45, 7) is 5.13. The van der Waals surface area contributed by atoms with Crippen molar-refractivity contribution in [2.45, 2.75) is 26.4 Å². The van der Waals surface area contributed by atoms with Gasteiger partial charge in [-0.1, -0.05) is 12.1 Å². The number of nitrogens with zero attached hydrogens (tertiary/aromatic N) is 2. The second-order valence-corrected chi connectivity index (χ2v) is 6.76. The van der Waals surface area contributed by atoms with Crippen LogP contribution in [0, 0.1) is 6.92 Å². The number of rotatable bonds is 1. The molecule has 25 heavy (non-hydrogen) atoms. The maximum absolute atomic E-state index is 10.2. The molecular formula is C20H18N2O3. The van der Waals surface area contributed by atoms with Gasteiger partial charge in [0.25, 0.3) is 0 Å². The minimum atomic E-state index is -1.08. The number of hydrogen-bond acceptors (Lipinski definition) is 5. The number of aromatic nitrogens is 2. The Morgan fingerprint density at radius 3 is 2.28 bits per heavy atom. The van der Waals surface area contributed by atoms with Crippen molar-refractivity contribution in [2.24, 2.45) is 0 Å². The zero-order valence-corrected chi connectivity index (χ0v) is 14.2. The molecule has 5 heteroatoms. The van der Waals surface area contributed by atoms with Gasteiger partial charge < -0.3 is 14.9 Å².